The van der Waals surface area contributed by atoms with Crippen molar-refractivity contribution in [2.24, 2.45) is 5.73 Å². The van der Waals surface area contributed by atoms with Gasteiger partial charge in [-0.2, -0.15) is 0 Å². The summed E-state index contributed by atoms with van der Waals surface area (Å²) in [5.74, 6) is -0.626. The number of carbonyl (C=O) groups excluding carboxylic acids is 3. The molecule has 1 fully saturated rings. The van der Waals surface area contributed by atoms with Crippen molar-refractivity contribution in [2.45, 2.75) is 31.9 Å². The lowest BCUT2D eigenvalue weighted by Crippen LogP contribution is -2.45. The van der Waals surface area contributed by atoms with Crippen LogP contribution in [0.4, 0.5) is 4.79 Å². The number of nitrogens with zero attached hydrogens (tertiary/aromatic N) is 1. The highest BCUT2D eigenvalue weighted by Gasteiger charge is 2.39. The minimum Gasteiger partial charge on any atom is -0.439 e. The van der Waals surface area contributed by atoms with Gasteiger partial charge in [0.15, 0.2) is 0 Å². The Labute approximate surface area is 122 Å². The Hall–Kier alpha value is -2.37. The molecule has 6 nitrogen and oxygen atoms in total. The van der Waals surface area contributed by atoms with Crippen molar-refractivity contribution in [1.82, 2.24) is 4.90 Å². The molecule has 0 aromatic heterocycles. The fourth-order valence-electron chi connectivity index (χ4n) is 2.52. The summed E-state index contributed by atoms with van der Waals surface area (Å²) in [6, 6.07) is 6.79. The van der Waals surface area contributed by atoms with E-state index >= 15 is 0 Å². The second kappa shape index (κ2) is 6.39. The number of amides is 2. The molecule has 112 valence electrons. The van der Waals surface area contributed by atoms with Crippen LogP contribution >= 0.6 is 0 Å². The lowest BCUT2D eigenvalue weighted by molar-refractivity contribution is -0.122. The van der Waals surface area contributed by atoms with Crippen molar-refractivity contribution in [2.75, 3.05) is 6.54 Å². The Morgan fingerprint density at radius 2 is 2.24 bits per heavy atom. The molecule has 6 heteroatoms. The van der Waals surface area contributed by atoms with Gasteiger partial charge in [-0.1, -0.05) is 24.3 Å². The Balaban J connectivity index is 2.16. The molecule has 0 spiro atoms. The molecule has 1 heterocycles. The van der Waals surface area contributed by atoms with Crippen molar-refractivity contribution < 1.29 is 19.1 Å². The lowest BCUT2D eigenvalue weighted by atomic mass is 10.0. The van der Waals surface area contributed by atoms with E-state index in [-0.39, 0.29) is 19.4 Å². The number of aldehydes is 1. The van der Waals surface area contributed by atoms with Crippen molar-refractivity contribution in [1.29, 1.82) is 0 Å². The first-order valence-electron chi connectivity index (χ1n) is 6.80. The number of carbonyl (C=O) groups is 3. The van der Waals surface area contributed by atoms with E-state index in [0.29, 0.717) is 6.29 Å². The number of cyclic esters (lactones) is 1. The van der Waals surface area contributed by atoms with Crippen molar-refractivity contribution in [3.8, 4) is 0 Å². The first-order valence-corrected chi connectivity index (χ1v) is 6.80. The zero-order chi connectivity index (χ0) is 15.4. The Morgan fingerprint density at radius 3 is 2.86 bits per heavy atom. The second-order valence-corrected chi connectivity index (χ2v) is 5.04. The predicted molar refractivity (Wildman–Crippen MR) is 75.4 cm³/mol. The molecule has 21 heavy (non-hydrogen) atoms. The molecule has 1 aliphatic heterocycles. The van der Waals surface area contributed by atoms with E-state index in [9.17, 15) is 14.4 Å². The van der Waals surface area contributed by atoms with Gasteiger partial charge in [0, 0.05) is 6.42 Å². The van der Waals surface area contributed by atoms with Gasteiger partial charge in [0.05, 0.1) is 6.54 Å². The molecule has 0 bridgehead atoms. The number of benzene rings is 1. The Bertz CT molecular complexity index is 558. The van der Waals surface area contributed by atoms with E-state index in [1.165, 1.54) is 4.90 Å². The van der Waals surface area contributed by atoms with Crippen LogP contribution in [0.25, 0.3) is 0 Å². The third-order valence-corrected chi connectivity index (χ3v) is 3.64. The molecule has 0 aliphatic carbocycles. The van der Waals surface area contributed by atoms with E-state index in [0.717, 1.165) is 11.1 Å². The van der Waals surface area contributed by atoms with Gasteiger partial charge in [0.1, 0.15) is 18.4 Å². The highest BCUT2D eigenvalue weighted by atomic mass is 16.6. The summed E-state index contributed by atoms with van der Waals surface area (Å²) in [5, 5.41) is 0. The van der Waals surface area contributed by atoms with Gasteiger partial charge in [-0.05, 0) is 24.5 Å². The summed E-state index contributed by atoms with van der Waals surface area (Å²) in [6.45, 7) is 2.19. The zero-order valence-corrected chi connectivity index (χ0v) is 11.8. The van der Waals surface area contributed by atoms with Crippen LogP contribution in [-0.4, -0.2) is 35.8 Å². The number of nitrogens with two attached hydrogens (primary N) is 1. The topological polar surface area (TPSA) is 89.7 Å². The first kappa shape index (κ1) is 15.0. The largest absolute Gasteiger partial charge is 0.439 e. The molecular formula is C15H18N2O4. The predicted octanol–water partition coefficient (Wildman–Crippen LogP) is 1.32. The van der Waals surface area contributed by atoms with E-state index in [2.05, 4.69) is 0 Å². The monoisotopic (exact) mass is 290 g/mol. The first-order chi connectivity index (χ1) is 10.0. The second-order valence-electron chi connectivity index (χ2n) is 5.04. The van der Waals surface area contributed by atoms with Gasteiger partial charge in [-0.25, -0.2) is 4.79 Å². The summed E-state index contributed by atoms with van der Waals surface area (Å²) in [4.78, 5) is 35.3. The molecule has 1 aromatic carbocycles. The number of primary amides is 1. The van der Waals surface area contributed by atoms with E-state index in [4.69, 9.17) is 10.5 Å². The third-order valence-electron chi connectivity index (χ3n) is 3.64. The number of hydrogen-bond donors (Lipinski definition) is 1. The maximum Gasteiger partial charge on any atom is 0.411 e. The number of ether oxygens (including phenoxy) is 1. The lowest BCUT2D eigenvalue weighted by Gasteiger charge is -2.22. The summed E-state index contributed by atoms with van der Waals surface area (Å²) in [5.41, 5.74) is 7.25. The smallest absolute Gasteiger partial charge is 0.411 e. The number of hydrogen-bond acceptors (Lipinski definition) is 4. The molecule has 1 saturated heterocycles. The standard InChI is InChI=1S/C15H18N2O4/c1-10-5-2-3-6-11(10)13-9-17(15(20)21-13)12(14(16)19)7-4-8-18/h2-3,5-6,8,12-13H,4,7,9H2,1H3,(H2,16,19). The molecular weight excluding hydrogens is 272 g/mol. The fraction of sp³-hybridized carbons (Fsp3) is 0.400. The number of rotatable bonds is 6. The number of aryl methyl sites for hydroxylation is 1. The average Bonchev–Trinajstić information content (AvgIpc) is 2.81. The van der Waals surface area contributed by atoms with Crippen LogP contribution in [0.3, 0.4) is 0 Å². The maximum atomic E-state index is 12.0. The molecule has 2 atom stereocenters. The summed E-state index contributed by atoms with van der Waals surface area (Å²) in [7, 11) is 0. The van der Waals surface area contributed by atoms with Gasteiger partial charge in [-0.15, -0.1) is 0 Å². The molecule has 1 aromatic rings. The van der Waals surface area contributed by atoms with Gasteiger partial charge in [0.25, 0.3) is 0 Å². The SMILES string of the molecule is Cc1ccccc1C1CN(C(CCC=O)C(N)=O)C(=O)O1. The van der Waals surface area contributed by atoms with Gasteiger partial charge in [-0.3, -0.25) is 9.69 Å². The fourth-order valence-corrected chi connectivity index (χ4v) is 2.52. The van der Waals surface area contributed by atoms with E-state index < -0.39 is 24.1 Å². The van der Waals surface area contributed by atoms with Gasteiger partial charge >= 0.3 is 6.09 Å². The average molecular weight is 290 g/mol. The summed E-state index contributed by atoms with van der Waals surface area (Å²) >= 11 is 0. The molecule has 2 amide bonds. The normalized spacial score (nSPS) is 19.2. The van der Waals surface area contributed by atoms with Crippen LogP contribution in [0.1, 0.15) is 30.1 Å². The van der Waals surface area contributed by atoms with E-state index in [1.54, 1.807) is 0 Å². The quantitative estimate of drug-likeness (QED) is 0.800. The Kier molecular flexibility index (Phi) is 4.57. The van der Waals surface area contributed by atoms with Crippen LogP contribution < -0.4 is 5.73 Å². The zero-order valence-electron chi connectivity index (χ0n) is 11.8. The van der Waals surface area contributed by atoms with Crippen LogP contribution in [-0.2, 0) is 14.3 Å². The molecule has 2 rings (SSSR count). The van der Waals surface area contributed by atoms with Crippen molar-refractivity contribution >= 4 is 18.3 Å². The molecule has 2 unspecified atom stereocenters. The van der Waals surface area contributed by atoms with Crippen LogP contribution in [0.5, 0.6) is 0 Å². The molecule has 0 saturated carbocycles. The summed E-state index contributed by atoms with van der Waals surface area (Å²) < 4.78 is 5.34. The van der Waals surface area contributed by atoms with Crippen LogP contribution in [0.2, 0.25) is 0 Å². The Morgan fingerprint density at radius 1 is 1.52 bits per heavy atom. The highest BCUT2D eigenvalue weighted by molar-refractivity contribution is 5.85. The van der Waals surface area contributed by atoms with E-state index in [1.807, 2.05) is 31.2 Å². The van der Waals surface area contributed by atoms with Crippen molar-refractivity contribution in [3.05, 3.63) is 35.4 Å². The van der Waals surface area contributed by atoms with Crippen molar-refractivity contribution in [3.63, 3.8) is 0 Å². The van der Waals surface area contributed by atoms with Gasteiger partial charge in [0.2, 0.25) is 5.91 Å². The van der Waals surface area contributed by atoms with Gasteiger partial charge < -0.3 is 15.3 Å². The molecule has 1 aliphatic rings. The third kappa shape index (κ3) is 3.21. The van der Waals surface area contributed by atoms with Crippen LogP contribution in [0, 0.1) is 6.92 Å². The minimum absolute atomic E-state index is 0.173. The maximum absolute atomic E-state index is 12.0. The minimum atomic E-state index is -0.809. The summed E-state index contributed by atoms with van der Waals surface area (Å²) in [6.07, 6.45) is 0.103. The molecule has 2 N–H and O–H groups in total. The highest BCUT2D eigenvalue weighted by Crippen LogP contribution is 2.30. The van der Waals surface area contributed by atoms with Crippen LogP contribution in [0.15, 0.2) is 24.3 Å². The molecule has 0 radical (unpaired) electrons.